The first-order chi connectivity index (χ1) is 18.8. The molecular weight excluding hydrogens is 552 g/mol. The summed E-state index contributed by atoms with van der Waals surface area (Å²) in [5.41, 5.74) is 16.6. The van der Waals surface area contributed by atoms with Gasteiger partial charge in [-0.05, 0) is 32.9 Å². The smallest absolute Gasteiger partial charge is 0.215 e. The number of nitrogens with one attached hydrogen (secondary N) is 3. The standard InChI is InChI=1S/C23H46N6O10S/c1-23(33)11-36-22(17(32)20(23)27-2)39-19-15(29-40(34,35)8-5-24)9-14(26)18(16(19)31)38-21-13(25)4-3-12(37-21)10-28-6-7-30/h3,13-22,27-33H,4-11,24-26H2,1-2H3/t13-,14+,15-,16?,17-,18-,19+,20-,21-,22-,23+/m1/s1. The molecule has 1 saturated carbocycles. The Hall–Kier alpha value is -1.03. The average molecular weight is 599 g/mol. The third-order valence-corrected chi connectivity index (χ3v) is 8.72. The van der Waals surface area contributed by atoms with Gasteiger partial charge in [0.05, 0.1) is 43.6 Å². The molecular formula is C23H46N6O10S. The first-order valence-corrected chi connectivity index (χ1v) is 15.1. The summed E-state index contributed by atoms with van der Waals surface area (Å²) in [5, 5.41) is 47.7. The van der Waals surface area contributed by atoms with Crippen molar-refractivity contribution in [2.24, 2.45) is 17.2 Å². The lowest BCUT2D eigenvalue weighted by Gasteiger charge is -2.48. The number of nitrogens with two attached hydrogens (primary N) is 3. The fraction of sp³-hybridized carbons (Fsp3) is 0.913. The Bertz CT molecular complexity index is 943. The van der Waals surface area contributed by atoms with Crippen LogP contribution in [0, 0.1) is 0 Å². The van der Waals surface area contributed by atoms with Crippen molar-refractivity contribution in [3.63, 3.8) is 0 Å². The van der Waals surface area contributed by atoms with Crippen LogP contribution in [0.2, 0.25) is 0 Å². The highest BCUT2D eigenvalue weighted by Gasteiger charge is 2.52. The van der Waals surface area contributed by atoms with Crippen molar-refractivity contribution < 1.29 is 47.8 Å². The number of hydrogen-bond acceptors (Lipinski definition) is 15. The van der Waals surface area contributed by atoms with Crippen LogP contribution in [0.5, 0.6) is 0 Å². The summed E-state index contributed by atoms with van der Waals surface area (Å²) in [7, 11) is -2.31. The number of rotatable bonds is 13. The molecule has 11 atom stereocenters. The van der Waals surface area contributed by atoms with Crippen molar-refractivity contribution in [1.29, 1.82) is 0 Å². The molecule has 0 spiro atoms. The van der Waals surface area contributed by atoms with Gasteiger partial charge in [-0.1, -0.05) is 0 Å². The van der Waals surface area contributed by atoms with Crippen molar-refractivity contribution in [3.05, 3.63) is 11.8 Å². The molecule has 16 nitrogen and oxygen atoms in total. The fourth-order valence-electron chi connectivity index (χ4n) is 5.23. The van der Waals surface area contributed by atoms with Crippen molar-refractivity contribution in [2.75, 3.05) is 45.6 Å². The second-order valence-electron chi connectivity index (χ2n) is 10.7. The van der Waals surface area contributed by atoms with Gasteiger partial charge >= 0.3 is 0 Å². The van der Waals surface area contributed by atoms with Crippen LogP contribution in [-0.2, 0) is 29.0 Å². The van der Waals surface area contributed by atoms with E-state index in [2.05, 4.69) is 15.4 Å². The molecule has 234 valence electrons. The van der Waals surface area contributed by atoms with Crippen molar-refractivity contribution in [1.82, 2.24) is 15.4 Å². The second-order valence-corrected chi connectivity index (χ2v) is 12.5. The lowest BCUT2D eigenvalue weighted by molar-refractivity contribution is -0.303. The molecule has 40 heavy (non-hydrogen) atoms. The molecule has 0 amide bonds. The van der Waals surface area contributed by atoms with E-state index in [0.29, 0.717) is 25.3 Å². The first-order valence-electron chi connectivity index (χ1n) is 13.4. The van der Waals surface area contributed by atoms with E-state index in [0.717, 1.165) is 0 Å². The van der Waals surface area contributed by atoms with Crippen LogP contribution in [0.1, 0.15) is 19.8 Å². The van der Waals surface area contributed by atoms with Gasteiger partial charge in [0.2, 0.25) is 16.3 Å². The van der Waals surface area contributed by atoms with Gasteiger partial charge in [-0.2, -0.15) is 0 Å². The Morgan fingerprint density at radius 2 is 1.85 bits per heavy atom. The molecule has 1 saturated heterocycles. The highest BCUT2D eigenvalue weighted by Crippen LogP contribution is 2.32. The van der Waals surface area contributed by atoms with Crippen molar-refractivity contribution in [2.45, 2.75) is 86.5 Å². The van der Waals surface area contributed by atoms with Crippen LogP contribution in [0.25, 0.3) is 0 Å². The average Bonchev–Trinajstić information content (AvgIpc) is 2.87. The maximum absolute atomic E-state index is 12.6. The summed E-state index contributed by atoms with van der Waals surface area (Å²) in [6.07, 6.45) is -5.33. The Morgan fingerprint density at radius 1 is 1.15 bits per heavy atom. The van der Waals surface area contributed by atoms with Crippen molar-refractivity contribution >= 4 is 10.0 Å². The molecule has 3 aliphatic rings. The predicted octanol–water partition coefficient (Wildman–Crippen LogP) is -5.31. The monoisotopic (exact) mass is 598 g/mol. The Balaban J connectivity index is 1.80. The molecule has 2 fully saturated rings. The Morgan fingerprint density at radius 3 is 2.50 bits per heavy atom. The van der Waals surface area contributed by atoms with Gasteiger partial charge in [0.15, 0.2) is 6.29 Å². The van der Waals surface area contributed by atoms with Crippen LogP contribution < -0.4 is 32.6 Å². The number of ether oxygens (including phenoxy) is 4. The third kappa shape index (κ3) is 8.29. The number of sulfonamides is 1. The minimum Gasteiger partial charge on any atom is -0.467 e. The largest absolute Gasteiger partial charge is 0.467 e. The topological polar surface area (TPSA) is 266 Å². The fourth-order valence-corrected chi connectivity index (χ4v) is 6.35. The summed E-state index contributed by atoms with van der Waals surface area (Å²) in [4.78, 5) is 0. The van der Waals surface area contributed by atoms with E-state index in [-0.39, 0.29) is 31.9 Å². The maximum Gasteiger partial charge on any atom is 0.215 e. The second kappa shape index (κ2) is 14.4. The van der Waals surface area contributed by atoms with Gasteiger partial charge in [-0.25, -0.2) is 13.1 Å². The molecule has 0 aromatic heterocycles. The summed E-state index contributed by atoms with van der Waals surface area (Å²) < 4.78 is 51.2. The van der Waals surface area contributed by atoms with E-state index in [1.54, 1.807) is 13.1 Å². The predicted molar refractivity (Wildman–Crippen MR) is 143 cm³/mol. The molecule has 1 aliphatic carbocycles. The van der Waals surface area contributed by atoms with Crippen LogP contribution in [0.15, 0.2) is 11.8 Å². The van der Waals surface area contributed by atoms with Gasteiger partial charge in [-0.15, -0.1) is 0 Å². The van der Waals surface area contributed by atoms with Crippen LogP contribution in [0.3, 0.4) is 0 Å². The molecule has 0 radical (unpaired) electrons. The lowest BCUT2D eigenvalue weighted by atomic mass is 9.84. The summed E-state index contributed by atoms with van der Waals surface area (Å²) in [6.45, 7) is 1.82. The highest BCUT2D eigenvalue weighted by atomic mass is 32.2. The zero-order chi connectivity index (χ0) is 29.7. The number of aliphatic hydroxyl groups excluding tert-OH is 3. The van der Waals surface area contributed by atoms with Gasteiger partial charge in [-0.3, -0.25) is 0 Å². The van der Waals surface area contributed by atoms with E-state index in [9.17, 15) is 23.7 Å². The summed E-state index contributed by atoms with van der Waals surface area (Å²) >= 11 is 0. The van der Waals surface area contributed by atoms with Gasteiger partial charge in [0, 0.05) is 19.1 Å². The van der Waals surface area contributed by atoms with Gasteiger partial charge in [0.25, 0.3) is 0 Å². The van der Waals surface area contributed by atoms with E-state index in [1.807, 2.05) is 0 Å². The van der Waals surface area contributed by atoms with E-state index >= 15 is 0 Å². The number of aliphatic hydroxyl groups is 4. The third-order valence-electron chi connectivity index (χ3n) is 7.28. The molecule has 1 unspecified atom stereocenters. The first kappa shape index (κ1) is 33.5. The van der Waals surface area contributed by atoms with Crippen LogP contribution >= 0.6 is 0 Å². The lowest BCUT2D eigenvalue weighted by Crippen LogP contribution is -2.69. The van der Waals surface area contributed by atoms with Crippen LogP contribution in [-0.4, -0.2) is 141 Å². The molecule has 0 aromatic rings. The van der Waals surface area contributed by atoms with E-state index in [4.69, 9.17) is 41.3 Å². The quantitative estimate of drug-likeness (QED) is 0.0887. The van der Waals surface area contributed by atoms with E-state index in [1.165, 1.54) is 6.92 Å². The molecule has 13 N–H and O–H groups in total. The summed E-state index contributed by atoms with van der Waals surface area (Å²) in [6, 6.07) is -3.30. The zero-order valence-electron chi connectivity index (χ0n) is 22.9. The van der Waals surface area contributed by atoms with Gasteiger partial charge in [0.1, 0.15) is 35.8 Å². The molecule has 0 bridgehead atoms. The zero-order valence-corrected chi connectivity index (χ0v) is 23.7. The van der Waals surface area contributed by atoms with Crippen LogP contribution in [0.4, 0.5) is 0 Å². The molecule has 17 heteroatoms. The SMILES string of the molecule is CN[C@@H]1[C@@H](O)[C@@H](O[C@@H]2C(O)[C@H](O[C@H]3OC(CNCCO)=CC[C@H]3N)[C@@H](N)C[C@H]2NS(=O)(=O)CCN)OC[C@]1(C)O. The minimum absolute atomic E-state index is 0.00507. The molecule has 2 heterocycles. The number of likely N-dealkylation sites (N-methyl/N-ethyl adjacent to an activating group) is 1. The summed E-state index contributed by atoms with van der Waals surface area (Å²) in [5.74, 6) is 0.182. The molecule has 3 rings (SSSR count). The normalized spacial score (nSPS) is 40.9. The molecule has 0 aromatic carbocycles. The van der Waals surface area contributed by atoms with E-state index < -0.39 is 76.8 Å². The Kier molecular flexibility index (Phi) is 12.1. The minimum atomic E-state index is -3.87. The Labute approximate surface area is 234 Å². The van der Waals surface area contributed by atoms with Gasteiger partial charge < -0.3 is 67.2 Å². The highest BCUT2D eigenvalue weighted by molar-refractivity contribution is 7.89. The van der Waals surface area contributed by atoms with Crippen molar-refractivity contribution in [3.8, 4) is 0 Å². The maximum atomic E-state index is 12.6. The number of hydrogen-bond donors (Lipinski definition) is 10. The molecule has 2 aliphatic heterocycles.